The Labute approximate surface area is 147 Å². The summed E-state index contributed by atoms with van der Waals surface area (Å²) in [7, 11) is 0. The van der Waals surface area contributed by atoms with Crippen molar-refractivity contribution in [2.75, 3.05) is 31.7 Å². The van der Waals surface area contributed by atoms with Gasteiger partial charge in [-0.2, -0.15) is 0 Å². The second-order valence-corrected chi connectivity index (χ2v) is 6.47. The molecule has 0 atom stereocenters. The molecule has 1 saturated heterocycles. The van der Waals surface area contributed by atoms with Gasteiger partial charge in [0.1, 0.15) is 18.9 Å². The van der Waals surface area contributed by atoms with E-state index in [0.717, 1.165) is 43.2 Å². The highest BCUT2D eigenvalue weighted by atomic mass is 16.5. The third kappa shape index (κ3) is 4.11. The van der Waals surface area contributed by atoms with Crippen LogP contribution < -0.4 is 5.32 Å². The van der Waals surface area contributed by atoms with Gasteiger partial charge in [0.2, 0.25) is 0 Å². The molecule has 0 saturated carbocycles. The van der Waals surface area contributed by atoms with Gasteiger partial charge in [0.25, 0.3) is 6.02 Å². The van der Waals surface area contributed by atoms with Gasteiger partial charge in [-0.15, -0.1) is 0 Å². The van der Waals surface area contributed by atoms with Gasteiger partial charge in [-0.25, -0.2) is 15.0 Å². The zero-order valence-corrected chi connectivity index (χ0v) is 14.1. The van der Waals surface area contributed by atoms with Crippen molar-refractivity contribution in [2.45, 2.75) is 19.3 Å². The van der Waals surface area contributed by atoms with Crippen LogP contribution in [-0.4, -0.2) is 52.2 Å². The fraction of sp³-hybridized carbons (Fsp3) is 0.444. The van der Waals surface area contributed by atoms with Crippen LogP contribution in [0.3, 0.4) is 0 Å². The summed E-state index contributed by atoms with van der Waals surface area (Å²) in [6, 6.07) is 6.28. The van der Waals surface area contributed by atoms with Gasteiger partial charge in [0.15, 0.2) is 0 Å². The molecule has 0 aromatic carbocycles. The summed E-state index contributed by atoms with van der Waals surface area (Å²) in [6.45, 7) is 3.57. The molecule has 0 amide bonds. The Morgan fingerprint density at radius 2 is 2.08 bits per heavy atom. The van der Waals surface area contributed by atoms with E-state index in [1.807, 2.05) is 18.2 Å². The van der Waals surface area contributed by atoms with Crippen molar-refractivity contribution < 1.29 is 4.74 Å². The molecule has 0 spiro atoms. The Morgan fingerprint density at radius 3 is 2.92 bits per heavy atom. The molecule has 1 fully saturated rings. The number of pyridine rings is 1. The number of aliphatic imine (C=N–C) groups is 1. The van der Waals surface area contributed by atoms with E-state index in [1.165, 1.54) is 19.2 Å². The number of aromatic nitrogens is 3. The molecule has 3 aliphatic heterocycles. The molecule has 2 bridgehead atoms. The lowest BCUT2D eigenvalue weighted by molar-refractivity contribution is 0.0761. The average Bonchev–Trinajstić information content (AvgIpc) is 2.68. The standard InChI is InChI=1S/C18H22N6O/c1-2-15(11-19-6-1)16-10-17(22-12-21-16)23-18-20-7-3-14-4-8-24(9-5-14)13-25-18/h1-2,6,10-12,14H,3-5,7-9,13H2,(H,20,21,22,23). The van der Waals surface area contributed by atoms with E-state index in [4.69, 9.17) is 4.74 Å². The van der Waals surface area contributed by atoms with Crippen molar-refractivity contribution >= 4 is 11.8 Å². The number of ether oxygens (including phenoxy) is 1. The molecule has 2 aromatic rings. The number of fused-ring (bicyclic) bond motifs is 6. The maximum Gasteiger partial charge on any atom is 0.291 e. The monoisotopic (exact) mass is 338 g/mol. The summed E-state index contributed by atoms with van der Waals surface area (Å²) in [5, 5.41) is 3.20. The van der Waals surface area contributed by atoms with Crippen LogP contribution in [0.5, 0.6) is 0 Å². The van der Waals surface area contributed by atoms with Crippen molar-refractivity contribution in [3.05, 3.63) is 36.9 Å². The lowest BCUT2D eigenvalue weighted by atomic mass is 9.94. The Kier molecular flexibility index (Phi) is 4.83. The number of anilines is 1. The van der Waals surface area contributed by atoms with E-state index in [9.17, 15) is 0 Å². The first-order valence-corrected chi connectivity index (χ1v) is 8.76. The number of nitrogens with one attached hydrogen (secondary N) is 1. The SMILES string of the molecule is c1cncc(-c2cc(NC3=NCCC4CCN(CC4)CO3)ncn2)c1. The van der Waals surface area contributed by atoms with Crippen LogP contribution in [0.4, 0.5) is 5.82 Å². The first-order valence-electron chi connectivity index (χ1n) is 8.76. The van der Waals surface area contributed by atoms with E-state index in [1.54, 1.807) is 12.4 Å². The molecular formula is C18H22N6O. The number of hydrogen-bond acceptors (Lipinski definition) is 7. The molecule has 7 nitrogen and oxygen atoms in total. The molecule has 7 heteroatoms. The van der Waals surface area contributed by atoms with Gasteiger partial charge in [-0.1, -0.05) is 0 Å². The van der Waals surface area contributed by atoms with Gasteiger partial charge in [0.05, 0.1) is 5.69 Å². The molecule has 3 aliphatic rings. The van der Waals surface area contributed by atoms with Crippen LogP contribution in [0.2, 0.25) is 0 Å². The lowest BCUT2D eigenvalue weighted by Gasteiger charge is -2.32. The molecule has 5 rings (SSSR count). The van der Waals surface area contributed by atoms with Gasteiger partial charge in [-0.05, 0) is 37.3 Å². The van der Waals surface area contributed by atoms with Crippen molar-refractivity contribution in [2.24, 2.45) is 10.9 Å². The first-order chi connectivity index (χ1) is 12.4. The van der Waals surface area contributed by atoms with Crippen molar-refractivity contribution in [1.82, 2.24) is 19.9 Å². The second kappa shape index (κ2) is 7.57. The highest BCUT2D eigenvalue weighted by Gasteiger charge is 2.21. The summed E-state index contributed by atoms with van der Waals surface area (Å²) in [4.78, 5) is 19.7. The van der Waals surface area contributed by atoms with Crippen LogP contribution in [0.1, 0.15) is 19.3 Å². The highest BCUT2D eigenvalue weighted by molar-refractivity contribution is 5.88. The summed E-state index contributed by atoms with van der Waals surface area (Å²) < 4.78 is 5.89. The molecule has 0 aliphatic carbocycles. The summed E-state index contributed by atoms with van der Waals surface area (Å²) >= 11 is 0. The van der Waals surface area contributed by atoms with Gasteiger partial charge in [-0.3, -0.25) is 15.2 Å². The largest absolute Gasteiger partial charge is 0.449 e. The third-order valence-corrected chi connectivity index (χ3v) is 4.74. The van der Waals surface area contributed by atoms with Gasteiger partial charge in [0, 0.05) is 43.7 Å². The van der Waals surface area contributed by atoms with Crippen LogP contribution in [0.25, 0.3) is 11.3 Å². The van der Waals surface area contributed by atoms with E-state index in [2.05, 4.69) is 30.2 Å². The van der Waals surface area contributed by atoms with E-state index in [-0.39, 0.29) is 0 Å². The van der Waals surface area contributed by atoms with Crippen molar-refractivity contribution in [3.63, 3.8) is 0 Å². The maximum absolute atomic E-state index is 5.89. The Morgan fingerprint density at radius 1 is 1.16 bits per heavy atom. The molecule has 25 heavy (non-hydrogen) atoms. The summed E-state index contributed by atoms with van der Waals surface area (Å²) in [5.41, 5.74) is 1.76. The predicted octanol–water partition coefficient (Wildman–Crippen LogP) is 2.40. The lowest BCUT2D eigenvalue weighted by Crippen LogP contribution is -2.38. The van der Waals surface area contributed by atoms with E-state index < -0.39 is 0 Å². The first kappa shape index (κ1) is 16.0. The van der Waals surface area contributed by atoms with E-state index >= 15 is 0 Å². The molecule has 5 heterocycles. The molecule has 2 aromatic heterocycles. The minimum atomic E-state index is 0.531. The van der Waals surface area contributed by atoms with Crippen LogP contribution >= 0.6 is 0 Å². The number of hydrogen-bond donors (Lipinski definition) is 1. The predicted molar refractivity (Wildman–Crippen MR) is 96.1 cm³/mol. The van der Waals surface area contributed by atoms with Crippen LogP contribution in [0.15, 0.2) is 41.9 Å². The zero-order valence-electron chi connectivity index (χ0n) is 14.1. The maximum atomic E-state index is 5.89. The smallest absolute Gasteiger partial charge is 0.291 e. The topological polar surface area (TPSA) is 75.5 Å². The quantitative estimate of drug-likeness (QED) is 0.906. The minimum absolute atomic E-state index is 0.531. The summed E-state index contributed by atoms with van der Waals surface area (Å²) in [5.74, 6) is 1.46. The average molecular weight is 338 g/mol. The fourth-order valence-electron chi connectivity index (χ4n) is 3.23. The molecule has 1 N–H and O–H groups in total. The molecule has 0 radical (unpaired) electrons. The van der Waals surface area contributed by atoms with Crippen LogP contribution in [0, 0.1) is 5.92 Å². The number of nitrogens with zero attached hydrogens (tertiary/aromatic N) is 5. The van der Waals surface area contributed by atoms with Crippen LogP contribution in [-0.2, 0) is 4.74 Å². The minimum Gasteiger partial charge on any atom is -0.449 e. The van der Waals surface area contributed by atoms with Crippen molar-refractivity contribution in [3.8, 4) is 11.3 Å². The van der Waals surface area contributed by atoms with Crippen molar-refractivity contribution in [1.29, 1.82) is 0 Å². The Hall–Kier alpha value is -2.54. The zero-order chi connectivity index (χ0) is 16.9. The van der Waals surface area contributed by atoms with Gasteiger partial charge < -0.3 is 4.74 Å². The third-order valence-electron chi connectivity index (χ3n) is 4.74. The Balaban J connectivity index is 1.49. The number of piperidine rings is 1. The second-order valence-electron chi connectivity index (χ2n) is 6.47. The molecule has 130 valence electrons. The normalized spacial score (nSPS) is 23.4. The number of amidine groups is 1. The molecule has 0 unspecified atom stereocenters. The van der Waals surface area contributed by atoms with Gasteiger partial charge >= 0.3 is 0 Å². The Bertz CT molecular complexity index is 727. The summed E-state index contributed by atoms with van der Waals surface area (Å²) in [6.07, 6.45) is 8.69. The highest BCUT2D eigenvalue weighted by Crippen LogP contribution is 2.22. The fourth-order valence-corrected chi connectivity index (χ4v) is 3.23. The molecular weight excluding hydrogens is 316 g/mol. The van der Waals surface area contributed by atoms with E-state index in [0.29, 0.717) is 18.6 Å². The number of rotatable bonds is 2.